The lowest BCUT2D eigenvalue weighted by Crippen LogP contribution is -2.22. The zero-order valence-corrected chi connectivity index (χ0v) is 12.3. The Morgan fingerprint density at radius 3 is 2.15 bits per heavy atom. The number of hydrogen-bond acceptors (Lipinski definition) is 1. The molecule has 0 bridgehead atoms. The molecule has 0 amide bonds. The summed E-state index contributed by atoms with van der Waals surface area (Å²) in [5, 5.41) is -0.0126. The molecule has 0 heterocycles. The Morgan fingerprint density at radius 1 is 1.10 bits per heavy atom. The molecule has 1 saturated carbocycles. The summed E-state index contributed by atoms with van der Waals surface area (Å²) in [4.78, 5) is 0. The molecule has 2 rings (SSSR count). The molecule has 0 unspecified atom stereocenters. The molecule has 0 saturated heterocycles. The lowest BCUT2D eigenvalue weighted by atomic mass is 10.0. The van der Waals surface area contributed by atoms with Crippen molar-refractivity contribution in [2.24, 2.45) is 0 Å². The van der Waals surface area contributed by atoms with Gasteiger partial charge in [0.05, 0.1) is 10.8 Å². The molecule has 0 spiro atoms. The highest BCUT2D eigenvalue weighted by Gasteiger charge is 2.31. The molecule has 5 heteroatoms. The van der Waals surface area contributed by atoms with Crippen LogP contribution < -0.4 is 0 Å². The molecule has 112 valence electrons. The number of rotatable bonds is 3. The van der Waals surface area contributed by atoms with Crippen molar-refractivity contribution in [2.75, 3.05) is 0 Å². The van der Waals surface area contributed by atoms with E-state index in [2.05, 4.69) is 0 Å². The summed E-state index contributed by atoms with van der Waals surface area (Å²) in [5.41, 5.74) is 0.0683. The lowest BCUT2D eigenvalue weighted by molar-refractivity contribution is -0.137. The Bertz CT molecular complexity index is 461. The predicted octanol–water partition coefficient (Wildman–Crippen LogP) is 4.85. The third-order valence-corrected chi connectivity index (χ3v) is 6.03. The molecule has 0 aromatic heterocycles. The van der Waals surface area contributed by atoms with E-state index >= 15 is 0 Å². The van der Waals surface area contributed by atoms with E-state index in [-0.39, 0.29) is 10.5 Å². The molecule has 1 aromatic rings. The van der Waals surface area contributed by atoms with Gasteiger partial charge in [-0.25, -0.2) is 0 Å². The van der Waals surface area contributed by atoms with Crippen molar-refractivity contribution in [3.63, 3.8) is 0 Å². The van der Waals surface area contributed by atoms with Gasteiger partial charge in [0.2, 0.25) is 0 Å². The molecule has 1 nitrogen and oxygen atoms in total. The number of hydrogen-bond donors (Lipinski definition) is 0. The highest BCUT2D eigenvalue weighted by Crippen LogP contribution is 2.33. The maximum Gasteiger partial charge on any atom is 0.416 e. The van der Waals surface area contributed by atoms with Crippen LogP contribution in [0.3, 0.4) is 0 Å². The zero-order valence-electron chi connectivity index (χ0n) is 11.5. The van der Waals surface area contributed by atoms with Crippen LogP contribution in [-0.2, 0) is 17.0 Å². The van der Waals surface area contributed by atoms with Crippen LogP contribution in [0.1, 0.15) is 55.4 Å². The zero-order chi connectivity index (χ0) is 14.8. The average Bonchev–Trinajstić information content (AvgIpc) is 2.46. The predicted molar refractivity (Wildman–Crippen MR) is 74.9 cm³/mol. The molecule has 0 N–H and O–H groups in total. The minimum atomic E-state index is -4.32. The first kappa shape index (κ1) is 15.5. The first-order valence-corrected chi connectivity index (χ1v) is 8.24. The standard InChI is InChI=1S/C15H19F3OS/c1-11(20(19)14-5-3-2-4-6-14)12-7-9-13(10-8-12)15(16,17)18/h7-11,14H,2-6H2,1H3/t11-,20-/m1/s1. The second-order valence-corrected chi connectivity index (χ2v) is 7.38. The quantitative estimate of drug-likeness (QED) is 0.780. The third kappa shape index (κ3) is 3.62. The van der Waals surface area contributed by atoms with Gasteiger partial charge in [0.15, 0.2) is 0 Å². The minimum absolute atomic E-state index is 0.195. The van der Waals surface area contributed by atoms with Gasteiger partial charge in [-0.3, -0.25) is 4.21 Å². The molecule has 1 aromatic carbocycles. The van der Waals surface area contributed by atoms with Gasteiger partial charge in [0.25, 0.3) is 0 Å². The Hall–Kier alpha value is -0.840. The molecule has 1 aliphatic carbocycles. The van der Waals surface area contributed by atoms with Crippen molar-refractivity contribution in [1.29, 1.82) is 0 Å². The van der Waals surface area contributed by atoms with Crippen molar-refractivity contribution in [2.45, 2.75) is 55.7 Å². The summed E-state index contributed by atoms with van der Waals surface area (Å²) in [7, 11) is -1.01. The Balaban J connectivity index is 2.08. The van der Waals surface area contributed by atoms with E-state index in [9.17, 15) is 17.4 Å². The van der Waals surface area contributed by atoms with Gasteiger partial charge >= 0.3 is 6.18 Å². The number of halogens is 3. The largest absolute Gasteiger partial charge is 0.416 e. The van der Waals surface area contributed by atoms with E-state index in [4.69, 9.17) is 0 Å². The molecule has 1 fully saturated rings. The minimum Gasteiger partial charge on any atom is -0.259 e. The van der Waals surface area contributed by atoms with Gasteiger partial charge in [-0.05, 0) is 37.5 Å². The number of alkyl halides is 3. The van der Waals surface area contributed by atoms with Crippen molar-refractivity contribution in [3.8, 4) is 0 Å². The van der Waals surface area contributed by atoms with Crippen LogP contribution >= 0.6 is 0 Å². The van der Waals surface area contributed by atoms with Gasteiger partial charge in [-0.15, -0.1) is 0 Å². The van der Waals surface area contributed by atoms with Gasteiger partial charge in [-0.1, -0.05) is 31.4 Å². The second kappa shape index (κ2) is 6.29. The summed E-state index contributed by atoms with van der Waals surface area (Å²) < 4.78 is 50.0. The molecule has 20 heavy (non-hydrogen) atoms. The second-order valence-electron chi connectivity index (χ2n) is 5.35. The van der Waals surface area contributed by atoms with Crippen molar-refractivity contribution >= 4 is 10.8 Å². The maximum absolute atomic E-state index is 12.5. The molecule has 1 aliphatic rings. The van der Waals surface area contributed by atoms with Crippen LogP contribution in [0.4, 0.5) is 13.2 Å². The normalized spacial score (nSPS) is 20.6. The first-order chi connectivity index (χ1) is 9.39. The summed E-state index contributed by atoms with van der Waals surface area (Å²) in [5.74, 6) is 0. The Morgan fingerprint density at radius 2 is 1.65 bits per heavy atom. The summed E-state index contributed by atoms with van der Waals surface area (Å²) in [6.07, 6.45) is 1.04. The maximum atomic E-state index is 12.5. The smallest absolute Gasteiger partial charge is 0.259 e. The van der Waals surface area contributed by atoms with E-state index < -0.39 is 22.5 Å². The topological polar surface area (TPSA) is 17.1 Å². The summed E-state index contributed by atoms with van der Waals surface area (Å²) >= 11 is 0. The summed E-state index contributed by atoms with van der Waals surface area (Å²) in [6, 6.07) is 5.05. The molecule has 0 radical (unpaired) electrons. The lowest BCUT2D eigenvalue weighted by Gasteiger charge is -2.24. The van der Waals surface area contributed by atoms with E-state index in [0.29, 0.717) is 0 Å². The van der Waals surface area contributed by atoms with E-state index in [1.54, 1.807) is 0 Å². The SMILES string of the molecule is C[C@H](c1ccc(C(F)(F)F)cc1)[S@@](=O)C1CCCCC1. The van der Waals surface area contributed by atoms with Gasteiger partial charge in [0, 0.05) is 16.0 Å². The van der Waals surface area contributed by atoms with Crippen molar-refractivity contribution in [3.05, 3.63) is 35.4 Å². The fourth-order valence-electron chi connectivity index (χ4n) is 2.66. The van der Waals surface area contributed by atoms with Crippen LogP contribution in [0.5, 0.6) is 0 Å². The average molecular weight is 304 g/mol. The van der Waals surface area contributed by atoms with Gasteiger partial charge in [-0.2, -0.15) is 13.2 Å². The monoisotopic (exact) mass is 304 g/mol. The molecule has 0 aliphatic heterocycles. The Kier molecular flexibility index (Phi) is 4.89. The summed E-state index contributed by atoms with van der Waals surface area (Å²) in [6.45, 7) is 1.84. The van der Waals surface area contributed by atoms with Crippen LogP contribution in [0.2, 0.25) is 0 Å². The van der Waals surface area contributed by atoms with Crippen LogP contribution in [0.25, 0.3) is 0 Å². The van der Waals surface area contributed by atoms with E-state index in [0.717, 1.165) is 43.4 Å². The van der Waals surface area contributed by atoms with Crippen LogP contribution in [-0.4, -0.2) is 9.46 Å². The fourth-order valence-corrected chi connectivity index (χ4v) is 4.46. The number of benzene rings is 1. The first-order valence-electron chi connectivity index (χ1n) is 6.96. The highest BCUT2D eigenvalue weighted by atomic mass is 32.2. The van der Waals surface area contributed by atoms with Crippen LogP contribution in [0.15, 0.2) is 24.3 Å². The van der Waals surface area contributed by atoms with Gasteiger partial charge < -0.3 is 0 Å². The highest BCUT2D eigenvalue weighted by molar-refractivity contribution is 7.85. The van der Waals surface area contributed by atoms with E-state index in [1.165, 1.54) is 18.6 Å². The fraction of sp³-hybridized carbons (Fsp3) is 0.600. The molecular weight excluding hydrogens is 285 g/mol. The van der Waals surface area contributed by atoms with Crippen molar-refractivity contribution in [1.82, 2.24) is 0 Å². The molecular formula is C15H19F3OS. The van der Waals surface area contributed by atoms with Crippen molar-refractivity contribution < 1.29 is 17.4 Å². The van der Waals surface area contributed by atoms with E-state index in [1.807, 2.05) is 6.92 Å². The Labute approximate surface area is 120 Å². The third-order valence-electron chi connectivity index (χ3n) is 3.94. The molecule has 2 atom stereocenters. The van der Waals surface area contributed by atoms with Crippen LogP contribution in [0, 0.1) is 0 Å². The van der Waals surface area contributed by atoms with Gasteiger partial charge in [0.1, 0.15) is 0 Å².